The summed E-state index contributed by atoms with van der Waals surface area (Å²) in [4.78, 5) is 24.5. The van der Waals surface area contributed by atoms with Crippen LogP contribution in [0.1, 0.15) is 40.0 Å². The molecule has 0 saturated carbocycles. The van der Waals surface area contributed by atoms with Crippen molar-refractivity contribution >= 4 is 18.0 Å². The third-order valence-electron chi connectivity index (χ3n) is 3.77. The Labute approximate surface area is 113 Å². The molecule has 0 atom stereocenters. The summed E-state index contributed by atoms with van der Waals surface area (Å²) in [5.74, 6) is -0.943. The first-order valence-corrected chi connectivity index (χ1v) is 6.69. The van der Waals surface area contributed by atoms with Gasteiger partial charge in [0.05, 0.1) is 0 Å². The number of carbonyl (C=O) groups excluding carboxylic acids is 2. The number of hydrazone groups is 1. The van der Waals surface area contributed by atoms with E-state index in [1.54, 1.807) is 13.8 Å². The molecule has 0 unspecified atom stereocenters. The molecule has 2 aliphatic heterocycles. The summed E-state index contributed by atoms with van der Waals surface area (Å²) in [6.07, 6.45) is 4.13. The van der Waals surface area contributed by atoms with Crippen molar-refractivity contribution in [2.24, 2.45) is 10.5 Å². The molecule has 2 aliphatic rings. The van der Waals surface area contributed by atoms with Crippen LogP contribution in [-0.2, 0) is 9.59 Å². The van der Waals surface area contributed by atoms with Gasteiger partial charge in [0, 0.05) is 18.5 Å². The zero-order chi connectivity index (χ0) is 14.0. The first kappa shape index (κ1) is 14.0. The van der Waals surface area contributed by atoms with E-state index in [0.29, 0.717) is 6.42 Å². The highest BCUT2D eigenvalue weighted by molar-refractivity contribution is 6.39. The van der Waals surface area contributed by atoms with Crippen molar-refractivity contribution in [2.45, 2.75) is 40.0 Å². The van der Waals surface area contributed by atoms with Crippen molar-refractivity contribution in [1.29, 1.82) is 0 Å². The highest BCUT2D eigenvalue weighted by Crippen LogP contribution is 2.23. The summed E-state index contributed by atoms with van der Waals surface area (Å²) in [7, 11) is 0. The van der Waals surface area contributed by atoms with Crippen LogP contribution in [0.5, 0.6) is 0 Å². The van der Waals surface area contributed by atoms with Crippen molar-refractivity contribution in [3.63, 3.8) is 0 Å². The molecule has 0 bridgehead atoms. The molecule has 106 valence electrons. The fourth-order valence-corrected chi connectivity index (χ4v) is 2.01. The van der Waals surface area contributed by atoms with Crippen LogP contribution in [0.3, 0.4) is 0 Å². The van der Waals surface area contributed by atoms with Gasteiger partial charge in [-0.25, -0.2) is 10.5 Å². The normalized spacial score (nSPS) is 20.9. The minimum atomic E-state index is -0.649. The number of hydrogen-bond acceptors (Lipinski definition) is 6. The topological polar surface area (TPSA) is 68.2 Å². The maximum Gasteiger partial charge on any atom is 0.313 e. The molecule has 0 aliphatic carbocycles. The Morgan fingerprint density at radius 3 is 2.53 bits per heavy atom. The van der Waals surface area contributed by atoms with E-state index in [1.807, 2.05) is 11.9 Å². The van der Waals surface area contributed by atoms with Gasteiger partial charge in [0.15, 0.2) is 0 Å². The highest BCUT2D eigenvalue weighted by Gasteiger charge is 2.39. The zero-order valence-corrected chi connectivity index (χ0v) is 11.7. The number of ketones is 1. The van der Waals surface area contributed by atoms with Gasteiger partial charge in [-0.3, -0.25) is 9.59 Å². The average Bonchev–Trinajstić information content (AvgIpc) is 3.06. The Balaban J connectivity index is 2.09. The van der Waals surface area contributed by atoms with E-state index in [2.05, 4.69) is 10.6 Å². The van der Waals surface area contributed by atoms with Crippen LogP contribution in [0.15, 0.2) is 5.10 Å². The Bertz CT molecular complexity index is 401. The molecule has 1 fully saturated rings. The number of nitrogens with one attached hydrogen (secondary N) is 1. The largest absolute Gasteiger partial charge is 0.313 e. The van der Waals surface area contributed by atoms with E-state index in [9.17, 15) is 9.59 Å². The molecule has 1 amide bonds. The molecular weight excluding hydrogens is 246 g/mol. The first-order chi connectivity index (χ1) is 8.97. The molecule has 7 nitrogen and oxygen atoms in total. The van der Waals surface area contributed by atoms with Crippen LogP contribution < -0.4 is 5.53 Å². The molecular formula is C12H21N5O2. The Morgan fingerprint density at radius 1 is 1.32 bits per heavy atom. The number of carbonyl (C=O) groups is 2. The Morgan fingerprint density at radius 2 is 1.95 bits per heavy atom. The van der Waals surface area contributed by atoms with Crippen molar-refractivity contribution in [3.8, 4) is 0 Å². The maximum atomic E-state index is 12.3. The summed E-state index contributed by atoms with van der Waals surface area (Å²) in [6.45, 7) is 7.18. The standard InChI is InChI=1S/C12H21N5O2/c1-4-12(2,3)10(18)11(19)16-9-13-14-17(16)15-7-5-6-8-15/h9,14H,4-8H2,1-3H3. The quantitative estimate of drug-likeness (QED) is 0.752. The number of nitrogens with zero attached hydrogens (tertiary/aromatic N) is 4. The molecule has 2 heterocycles. The van der Waals surface area contributed by atoms with Gasteiger partial charge in [0.2, 0.25) is 5.78 Å². The van der Waals surface area contributed by atoms with E-state index in [-0.39, 0.29) is 0 Å². The monoisotopic (exact) mass is 267 g/mol. The van der Waals surface area contributed by atoms with Gasteiger partial charge in [-0.05, 0) is 24.5 Å². The highest BCUT2D eigenvalue weighted by atomic mass is 16.2. The summed E-state index contributed by atoms with van der Waals surface area (Å²) in [6, 6.07) is 0. The first-order valence-electron chi connectivity index (χ1n) is 6.69. The molecule has 0 aromatic rings. The molecule has 0 aromatic heterocycles. The number of hydrazine groups is 3. The number of Topliss-reactive ketones (excluding diaryl/α,β-unsaturated/α-hetero) is 1. The van der Waals surface area contributed by atoms with Gasteiger partial charge in [0.25, 0.3) is 0 Å². The van der Waals surface area contributed by atoms with Gasteiger partial charge >= 0.3 is 5.91 Å². The number of rotatable bonds is 4. The van der Waals surface area contributed by atoms with Gasteiger partial charge in [0.1, 0.15) is 6.34 Å². The molecule has 0 aromatic carbocycles. The van der Waals surface area contributed by atoms with Gasteiger partial charge in [-0.15, -0.1) is 0 Å². The average molecular weight is 267 g/mol. The van der Waals surface area contributed by atoms with Crippen molar-refractivity contribution in [1.82, 2.24) is 20.8 Å². The van der Waals surface area contributed by atoms with E-state index in [0.717, 1.165) is 25.9 Å². The number of hydrogen-bond donors (Lipinski definition) is 1. The molecule has 2 rings (SSSR count). The lowest BCUT2D eigenvalue weighted by atomic mass is 9.85. The zero-order valence-electron chi connectivity index (χ0n) is 11.7. The smallest absolute Gasteiger partial charge is 0.288 e. The second-order valence-corrected chi connectivity index (χ2v) is 5.51. The van der Waals surface area contributed by atoms with E-state index in [1.165, 1.54) is 16.6 Å². The van der Waals surface area contributed by atoms with Gasteiger partial charge in [-0.1, -0.05) is 20.8 Å². The van der Waals surface area contributed by atoms with Gasteiger partial charge < -0.3 is 0 Å². The molecule has 1 N–H and O–H groups in total. The van der Waals surface area contributed by atoms with Crippen molar-refractivity contribution < 1.29 is 9.59 Å². The predicted molar refractivity (Wildman–Crippen MR) is 70.2 cm³/mol. The SMILES string of the molecule is CCC(C)(C)C(=O)C(=O)N1C=NNN1N1CCCC1. The molecule has 0 radical (unpaired) electrons. The minimum Gasteiger partial charge on any atom is -0.288 e. The fourth-order valence-electron chi connectivity index (χ4n) is 2.01. The lowest BCUT2D eigenvalue weighted by Crippen LogP contribution is -2.57. The Hall–Kier alpha value is -1.47. The molecule has 7 heteroatoms. The van der Waals surface area contributed by atoms with Crippen LogP contribution in [-0.4, -0.2) is 46.4 Å². The lowest BCUT2D eigenvalue weighted by Gasteiger charge is -2.32. The van der Waals surface area contributed by atoms with E-state index >= 15 is 0 Å². The molecule has 19 heavy (non-hydrogen) atoms. The third-order valence-corrected chi connectivity index (χ3v) is 3.77. The van der Waals surface area contributed by atoms with Gasteiger partial charge in [-0.2, -0.15) is 10.1 Å². The van der Waals surface area contributed by atoms with Crippen LogP contribution in [0.2, 0.25) is 0 Å². The third kappa shape index (κ3) is 2.62. The summed E-state index contributed by atoms with van der Waals surface area (Å²) < 4.78 is 0. The molecule has 0 spiro atoms. The van der Waals surface area contributed by atoms with Crippen LogP contribution >= 0.6 is 0 Å². The van der Waals surface area contributed by atoms with E-state index in [4.69, 9.17) is 0 Å². The predicted octanol–water partition coefficient (Wildman–Crippen LogP) is 0.510. The van der Waals surface area contributed by atoms with Crippen molar-refractivity contribution in [2.75, 3.05) is 13.1 Å². The molecule has 1 saturated heterocycles. The maximum absolute atomic E-state index is 12.3. The Kier molecular flexibility index (Phi) is 3.86. The summed E-state index contributed by atoms with van der Waals surface area (Å²) >= 11 is 0. The summed E-state index contributed by atoms with van der Waals surface area (Å²) in [5.41, 5.74) is 2.09. The van der Waals surface area contributed by atoms with Crippen LogP contribution in [0, 0.1) is 5.41 Å². The number of amides is 1. The minimum absolute atomic E-state index is 0.394. The second kappa shape index (κ2) is 5.26. The second-order valence-electron chi connectivity index (χ2n) is 5.51. The van der Waals surface area contributed by atoms with Crippen LogP contribution in [0.25, 0.3) is 0 Å². The summed E-state index contributed by atoms with van der Waals surface area (Å²) in [5, 5.41) is 8.62. The van der Waals surface area contributed by atoms with E-state index < -0.39 is 17.1 Å². The van der Waals surface area contributed by atoms with Crippen molar-refractivity contribution in [3.05, 3.63) is 0 Å². The lowest BCUT2D eigenvalue weighted by molar-refractivity contribution is -0.184. The van der Waals surface area contributed by atoms with Crippen LogP contribution in [0.4, 0.5) is 0 Å². The fraction of sp³-hybridized carbons (Fsp3) is 0.750.